The second kappa shape index (κ2) is 7.42. The monoisotopic (exact) mass is 235 g/mol. The van der Waals surface area contributed by atoms with Crippen LogP contribution in [0.15, 0.2) is 30.3 Å². The van der Waals surface area contributed by atoms with Crippen molar-refractivity contribution < 1.29 is 9.53 Å². The topological polar surface area (TPSA) is 38.3 Å². The number of carbonyl (C=O) groups is 1. The summed E-state index contributed by atoms with van der Waals surface area (Å²) < 4.78 is 5.16. The van der Waals surface area contributed by atoms with Gasteiger partial charge in [0.15, 0.2) is 0 Å². The quantitative estimate of drug-likeness (QED) is 0.460. The standard InChI is InChI=1S/C11H15BNO2P/c12-7-6-10(13-16)11(14)15-8-9-4-2-1-3-5-9/h1-5,10,13H,6-8,16H2. The van der Waals surface area contributed by atoms with Gasteiger partial charge in [-0.3, -0.25) is 9.88 Å². The van der Waals surface area contributed by atoms with E-state index in [2.05, 4.69) is 14.5 Å². The van der Waals surface area contributed by atoms with Gasteiger partial charge in [0.1, 0.15) is 12.6 Å². The van der Waals surface area contributed by atoms with Crippen LogP contribution in [-0.2, 0) is 16.1 Å². The number of benzene rings is 1. The summed E-state index contributed by atoms with van der Waals surface area (Å²) in [6.07, 6.45) is 1.02. The second-order valence-corrected chi connectivity index (χ2v) is 3.72. The summed E-state index contributed by atoms with van der Waals surface area (Å²) in [6, 6.07) is 9.23. The molecule has 0 aromatic heterocycles. The lowest BCUT2D eigenvalue weighted by Gasteiger charge is -2.14. The van der Waals surface area contributed by atoms with Crippen LogP contribution in [0.3, 0.4) is 0 Å². The molecule has 1 aromatic carbocycles. The number of carbonyl (C=O) groups excluding carboxylic acids is 1. The van der Waals surface area contributed by atoms with E-state index in [1.165, 1.54) is 0 Å². The Balaban J connectivity index is 2.40. The molecule has 0 aliphatic rings. The lowest BCUT2D eigenvalue weighted by atomic mass is 9.98. The van der Waals surface area contributed by atoms with Gasteiger partial charge in [-0.15, -0.1) is 0 Å². The number of ether oxygens (including phenoxy) is 1. The molecule has 0 heterocycles. The van der Waals surface area contributed by atoms with E-state index in [9.17, 15) is 4.79 Å². The zero-order valence-corrected chi connectivity index (χ0v) is 10.2. The molecule has 0 amide bonds. The van der Waals surface area contributed by atoms with Gasteiger partial charge in [-0.25, -0.2) is 0 Å². The van der Waals surface area contributed by atoms with E-state index in [1.54, 1.807) is 0 Å². The molecule has 0 saturated heterocycles. The first-order valence-electron chi connectivity index (χ1n) is 5.14. The first kappa shape index (κ1) is 13.2. The molecule has 2 atom stereocenters. The average Bonchev–Trinajstić information content (AvgIpc) is 2.34. The Kier molecular flexibility index (Phi) is 6.13. The first-order chi connectivity index (χ1) is 7.77. The van der Waals surface area contributed by atoms with Crippen LogP contribution in [0.25, 0.3) is 0 Å². The van der Waals surface area contributed by atoms with Crippen molar-refractivity contribution in [1.82, 2.24) is 5.09 Å². The van der Waals surface area contributed by atoms with Crippen LogP contribution in [0.5, 0.6) is 0 Å². The fourth-order valence-electron chi connectivity index (χ4n) is 1.27. The number of hydrogen-bond donors (Lipinski definition) is 1. The third-order valence-corrected chi connectivity index (χ3v) is 2.57. The Morgan fingerprint density at radius 3 is 2.69 bits per heavy atom. The minimum Gasteiger partial charge on any atom is -0.460 e. The van der Waals surface area contributed by atoms with Crippen molar-refractivity contribution in [3.05, 3.63) is 35.9 Å². The highest BCUT2D eigenvalue weighted by Gasteiger charge is 2.16. The van der Waals surface area contributed by atoms with Crippen molar-refractivity contribution in [1.29, 1.82) is 0 Å². The third kappa shape index (κ3) is 4.34. The van der Waals surface area contributed by atoms with Crippen molar-refractivity contribution in [2.24, 2.45) is 0 Å². The van der Waals surface area contributed by atoms with Crippen LogP contribution in [0, 0.1) is 0 Å². The summed E-state index contributed by atoms with van der Waals surface area (Å²) in [6.45, 7) is 0.299. The smallest absolute Gasteiger partial charge is 0.323 e. The van der Waals surface area contributed by atoms with Crippen LogP contribution >= 0.6 is 9.39 Å². The molecule has 5 heteroatoms. The maximum atomic E-state index is 11.6. The number of rotatable bonds is 6. The van der Waals surface area contributed by atoms with E-state index in [4.69, 9.17) is 12.6 Å². The van der Waals surface area contributed by atoms with Crippen LogP contribution in [0.1, 0.15) is 12.0 Å². The predicted octanol–water partition coefficient (Wildman–Crippen LogP) is 1.45. The molecule has 2 unspecified atom stereocenters. The van der Waals surface area contributed by atoms with E-state index in [-0.39, 0.29) is 12.0 Å². The molecular weight excluding hydrogens is 220 g/mol. The van der Waals surface area contributed by atoms with Gasteiger partial charge in [0.05, 0.1) is 7.85 Å². The molecule has 3 nitrogen and oxygen atoms in total. The summed E-state index contributed by atoms with van der Waals surface area (Å²) >= 11 is 0. The summed E-state index contributed by atoms with van der Waals surface area (Å²) in [7, 11) is 7.70. The fourth-order valence-corrected chi connectivity index (χ4v) is 1.57. The molecule has 0 aliphatic heterocycles. The largest absolute Gasteiger partial charge is 0.460 e. The molecule has 0 spiro atoms. The van der Waals surface area contributed by atoms with Crippen LogP contribution < -0.4 is 5.09 Å². The first-order valence-corrected chi connectivity index (χ1v) is 5.72. The van der Waals surface area contributed by atoms with E-state index in [0.29, 0.717) is 19.3 Å². The van der Waals surface area contributed by atoms with Crippen LogP contribution in [0.4, 0.5) is 0 Å². The highest BCUT2D eigenvalue weighted by atomic mass is 31.0. The van der Waals surface area contributed by atoms with Gasteiger partial charge in [-0.1, -0.05) is 46.0 Å². The highest BCUT2D eigenvalue weighted by molar-refractivity contribution is 7.13. The Bertz CT molecular complexity index is 321. The zero-order valence-electron chi connectivity index (χ0n) is 9.06. The van der Waals surface area contributed by atoms with Gasteiger partial charge in [-0.05, 0) is 12.0 Å². The van der Waals surface area contributed by atoms with Crippen LogP contribution in [-0.4, -0.2) is 19.9 Å². The minimum absolute atomic E-state index is 0.274. The SMILES string of the molecule is [B]CCC(NP)C(=O)OCc1ccccc1. The number of hydrogen-bond acceptors (Lipinski definition) is 3. The van der Waals surface area contributed by atoms with Gasteiger partial charge in [0.25, 0.3) is 0 Å². The van der Waals surface area contributed by atoms with Crippen molar-refractivity contribution in [3.63, 3.8) is 0 Å². The van der Waals surface area contributed by atoms with Crippen molar-refractivity contribution in [3.8, 4) is 0 Å². The second-order valence-electron chi connectivity index (χ2n) is 3.39. The molecule has 16 heavy (non-hydrogen) atoms. The molecule has 0 saturated carbocycles. The Labute approximate surface area is 99.6 Å². The van der Waals surface area contributed by atoms with Crippen LogP contribution in [0.2, 0.25) is 6.32 Å². The zero-order chi connectivity index (χ0) is 11.8. The summed E-state index contributed by atoms with van der Waals surface area (Å²) in [5.41, 5.74) is 0.978. The van der Waals surface area contributed by atoms with Gasteiger partial charge >= 0.3 is 5.97 Å². The van der Waals surface area contributed by atoms with E-state index in [0.717, 1.165) is 5.56 Å². The van der Waals surface area contributed by atoms with E-state index in [1.807, 2.05) is 30.3 Å². The maximum absolute atomic E-state index is 11.6. The molecule has 0 bridgehead atoms. The third-order valence-electron chi connectivity index (χ3n) is 2.16. The Morgan fingerprint density at radius 1 is 1.44 bits per heavy atom. The molecule has 1 N–H and O–H groups in total. The molecule has 1 aromatic rings. The molecule has 0 aliphatic carbocycles. The molecule has 1 rings (SSSR count). The predicted molar refractivity (Wildman–Crippen MR) is 68.0 cm³/mol. The lowest BCUT2D eigenvalue weighted by molar-refractivity contribution is -0.147. The van der Waals surface area contributed by atoms with Gasteiger partial charge in [0.2, 0.25) is 0 Å². The summed E-state index contributed by atoms with van der Waals surface area (Å²) in [4.78, 5) is 11.6. The maximum Gasteiger partial charge on any atom is 0.323 e. The fraction of sp³-hybridized carbons (Fsp3) is 0.364. The number of esters is 1. The molecule has 84 valence electrons. The van der Waals surface area contributed by atoms with Crippen molar-refractivity contribution >= 4 is 23.2 Å². The summed E-state index contributed by atoms with van der Waals surface area (Å²) in [5, 5.41) is 2.80. The van der Waals surface area contributed by atoms with Gasteiger partial charge < -0.3 is 4.74 Å². The number of nitrogens with one attached hydrogen (secondary N) is 1. The summed E-state index contributed by atoms with van der Waals surface area (Å²) in [5.74, 6) is -0.274. The van der Waals surface area contributed by atoms with E-state index < -0.39 is 0 Å². The van der Waals surface area contributed by atoms with Gasteiger partial charge in [0, 0.05) is 0 Å². The van der Waals surface area contributed by atoms with E-state index >= 15 is 0 Å². The molecule has 0 fully saturated rings. The van der Waals surface area contributed by atoms with Crippen molar-refractivity contribution in [2.75, 3.05) is 0 Å². The van der Waals surface area contributed by atoms with Gasteiger partial charge in [-0.2, -0.15) is 0 Å². The molecular formula is C11H15BNO2P. The Hall–Kier alpha value is -0.855. The average molecular weight is 235 g/mol. The Morgan fingerprint density at radius 2 is 2.12 bits per heavy atom. The highest BCUT2D eigenvalue weighted by Crippen LogP contribution is 2.05. The lowest BCUT2D eigenvalue weighted by Crippen LogP contribution is -2.32. The normalized spacial score (nSPS) is 12.1. The molecule has 2 radical (unpaired) electrons. The van der Waals surface area contributed by atoms with Crippen molar-refractivity contribution in [2.45, 2.75) is 25.4 Å². The minimum atomic E-state index is -0.348.